The summed E-state index contributed by atoms with van der Waals surface area (Å²) in [4.78, 5) is 12.1. The van der Waals surface area contributed by atoms with Crippen LogP contribution in [0.25, 0.3) is 0 Å². The summed E-state index contributed by atoms with van der Waals surface area (Å²) in [5, 5.41) is 6.00. The molecule has 106 valence electrons. The third-order valence-electron chi connectivity index (χ3n) is 3.37. The lowest BCUT2D eigenvalue weighted by Crippen LogP contribution is -2.37. The maximum absolute atomic E-state index is 12.1. The van der Waals surface area contributed by atoms with Crippen LogP contribution in [0, 0.1) is 0 Å². The quantitative estimate of drug-likeness (QED) is 0.832. The first kappa shape index (κ1) is 14.4. The second-order valence-corrected chi connectivity index (χ2v) is 5.01. The largest absolute Gasteiger partial charge is 0.331 e. The van der Waals surface area contributed by atoms with Gasteiger partial charge in [-0.3, -0.25) is 0 Å². The minimum Gasteiger partial charge on any atom is -0.331 e. The number of carbonyl (C=O) groups is 1. The Labute approximate surface area is 120 Å². The first-order chi connectivity index (χ1) is 9.79. The van der Waals surface area contributed by atoms with Gasteiger partial charge in [0.05, 0.1) is 6.04 Å². The highest BCUT2D eigenvalue weighted by Gasteiger charge is 2.14. The summed E-state index contributed by atoms with van der Waals surface area (Å²) in [6, 6.07) is 10.1. The van der Waals surface area contributed by atoms with E-state index in [1.807, 2.05) is 30.4 Å². The van der Waals surface area contributed by atoms with Gasteiger partial charge in [0.1, 0.15) is 0 Å². The van der Waals surface area contributed by atoms with Crippen molar-refractivity contribution in [2.24, 2.45) is 0 Å². The van der Waals surface area contributed by atoms with E-state index in [4.69, 9.17) is 0 Å². The molecule has 0 aromatic heterocycles. The molecule has 3 nitrogen and oxygen atoms in total. The minimum atomic E-state index is -0.117. The van der Waals surface area contributed by atoms with Crippen LogP contribution in [0.3, 0.4) is 0 Å². The van der Waals surface area contributed by atoms with Crippen LogP contribution in [-0.4, -0.2) is 6.03 Å². The van der Waals surface area contributed by atoms with Crippen LogP contribution in [0.5, 0.6) is 0 Å². The third-order valence-corrected chi connectivity index (χ3v) is 3.37. The predicted octanol–water partition coefficient (Wildman–Crippen LogP) is 4.06. The zero-order chi connectivity index (χ0) is 14.2. The second-order valence-electron chi connectivity index (χ2n) is 5.01. The van der Waals surface area contributed by atoms with Crippen LogP contribution < -0.4 is 10.6 Å². The standard InChI is InChI=1S/C17H22N2O/c1-2-9-16(14-10-5-3-6-11-14)19-17(20)18-15-12-7-4-8-13-15/h3-7,10-12,16H,2,8-9,13H2,1H3,(H2,18,19,20). The van der Waals surface area contributed by atoms with Gasteiger partial charge in [0.25, 0.3) is 0 Å². The first-order valence-corrected chi connectivity index (χ1v) is 7.27. The van der Waals surface area contributed by atoms with Crippen LogP contribution in [0.15, 0.2) is 54.3 Å². The lowest BCUT2D eigenvalue weighted by Gasteiger charge is -2.20. The van der Waals surface area contributed by atoms with E-state index < -0.39 is 0 Å². The number of urea groups is 1. The lowest BCUT2D eigenvalue weighted by molar-refractivity contribution is 0.238. The molecule has 0 heterocycles. The first-order valence-electron chi connectivity index (χ1n) is 7.27. The number of allylic oxidation sites excluding steroid dienone is 4. The van der Waals surface area contributed by atoms with Gasteiger partial charge in [0, 0.05) is 5.70 Å². The van der Waals surface area contributed by atoms with Gasteiger partial charge in [-0.25, -0.2) is 4.79 Å². The Bertz CT molecular complexity index is 491. The summed E-state index contributed by atoms with van der Waals surface area (Å²) in [6.45, 7) is 2.13. The summed E-state index contributed by atoms with van der Waals surface area (Å²) in [5.74, 6) is 0. The average Bonchev–Trinajstić information content (AvgIpc) is 2.49. The van der Waals surface area contributed by atoms with E-state index in [0.717, 1.165) is 36.9 Å². The van der Waals surface area contributed by atoms with Crippen molar-refractivity contribution < 1.29 is 4.79 Å². The van der Waals surface area contributed by atoms with Gasteiger partial charge < -0.3 is 10.6 Å². The Morgan fingerprint density at radius 3 is 2.75 bits per heavy atom. The predicted molar refractivity (Wildman–Crippen MR) is 82.2 cm³/mol. The van der Waals surface area contributed by atoms with E-state index in [2.05, 4.69) is 35.8 Å². The molecule has 1 aromatic rings. The van der Waals surface area contributed by atoms with Gasteiger partial charge in [-0.15, -0.1) is 0 Å². The Kier molecular flexibility index (Phi) is 5.42. The van der Waals surface area contributed by atoms with Gasteiger partial charge >= 0.3 is 6.03 Å². The van der Waals surface area contributed by atoms with E-state index in [0.29, 0.717) is 0 Å². The van der Waals surface area contributed by atoms with Gasteiger partial charge in [-0.1, -0.05) is 55.8 Å². The molecule has 3 heteroatoms. The monoisotopic (exact) mass is 270 g/mol. The van der Waals surface area contributed by atoms with E-state index >= 15 is 0 Å². The van der Waals surface area contributed by atoms with Crippen molar-refractivity contribution in [1.29, 1.82) is 0 Å². The van der Waals surface area contributed by atoms with Crippen LogP contribution in [0.1, 0.15) is 44.2 Å². The van der Waals surface area contributed by atoms with Crippen LogP contribution in [-0.2, 0) is 0 Å². The number of rotatable bonds is 5. The second kappa shape index (κ2) is 7.53. The van der Waals surface area contributed by atoms with Crippen molar-refractivity contribution >= 4 is 6.03 Å². The number of carbonyl (C=O) groups excluding carboxylic acids is 1. The third kappa shape index (κ3) is 4.26. The molecule has 2 rings (SSSR count). The number of benzene rings is 1. The SMILES string of the molecule is CCCC(NC(=O)NC1=CC=CCC1)c1ccccc1. The van der Waals surface area contributed by atoms with Gasteiger partial charge in [-0.2, -0.15) is 0 Å². The zero-order valence-electron chi connectivity index (χ0n) is 11.9. The highest BCUT2D eigenvalue weighted by Crippen LogP contribution is 2.18. The molecule has 1 aliphatic rings. The van der Waals surface area contributed by atoms with E-state index in [9.17, 15) is 4.79 Å². The Morgan fingerprint density at radius 1 is 1.30 bits per heavy atom. The number of amides is 2. The Hall–Kier alpha value is -2.03. The summed E-state index contributed by atoms with van der Waals surface area (Å²) in [6.07, 6.45) is 9.91. The summed E-state index contributed by atoms with van der Waals surface area (Å²) in [7, 11) is 0. The van der Waals surface area contributed by atoms with Crippen molar-refractivity contribution in [2.45, 2.75) is 38.6 Å². The molecular formula is C17H22N2O. The molecular weight excluding hydrogens is 248 g/mol. The molecule has 0 spiro atoms. The van der Waals surface area contributed by atoms with Gasteiger partial charge in [0.2, 0.25) is 0 Å². The zero-order valence-corrected chi connectivity index (χ0v) is 11.9. The minimum absolute atomic E-state index is 0.0703. The van der Waals surface area contributed by atoms with Crippen LogP contribution >= 0.6 is 0 Å². The molecule has 0 bridgehead atoms. The summed E-state index contributed by atoms with van der Waals surface area (Å²) >= 11 is 0. The molecule has 1 aliphatic carbocycles. The lowest BCUT2D eigenvalue weighted by atomic mass is 10.0. The topological polar surface area (TPSA) is 41.1 Å². The molecule has 1 unspecified atom stereocenters. The molecule has 1 aromatic carbocycles. The fraction of sp³-hybridized carbons (Fsp3) is 0.353. The van der Waals surface area contributed by atoms with Gasteiger partial charge in [-0.05, 0) is 30.9 Å². The van der Waals surface area contributed by atoms with Crippen molar-refractivity contribution in [3.8, 4) is 0 Å². The molecule has 0 saturated heterocycles. The number of hydrogen-bond acceptors (Lipinski definition) is 1. The Balaban J connectivity index is 1.95. The number of nitrogens with one attached hydrogen (secondary N) is 2. The van der Waals surface area contributed by atoms with Crippen molar-refractivity contribution in [3.63, 3.8) is 0 Å². The molecule has 0 saturated carbocycles. The van der Waals surface area contributed by atoms with Crippen molar-refractivity contribution in [3.05, 3.63) is 59.8 Å². The van der Waals surface area contributed by atoms with E-state index in [1.165, 1.54) is 0 Å². The maximum atomic E-state index is 12.1. The fourth-order valence-corrected chi connectivity index (χ4v) is 2.34. The number of hydrogen-bond donors (Lipinski definition) is 2. The molecule has 1 atom stereocenters. The molecule has 20 heavy (non-hydrogen) atoms. The Morgan fingerprint density at radius 2 is 2.10 bits per heavy atom. The van der Waals surface area contributed by atoms with Crippen LogP contribution in [0.2, 0.25) is 0 Å². The van der Waals surface area contributed by atoms with E-state index in [-0.39, 0.29) is 12.1 Å². The average molecular weight is 270 g/mol. The highest BCUT2D eigenvalue weighted by molar-refractivity contribution is 5.76. The summed E-state index contributed by atoms with van der Waals surface area (Å²) < 4.78 is 0. The van der Waals surface area contributed by atoms with E-state index in [1.54, 1.807) is 0 Å². The smallest absolute Gasteiger partial charge is 0.319 e. The van der Waals surface area contributed by atoms with Crippen molar-refractivity contribution in [2.75, 3.05) is 0 Å². The molecule has 2 N–H and O–H groups in total. The van der Waals surface area contributed by atoms with Crippen LogP contribution in [0.4, 0.5) is 4.79 Å². The summed E-state index contributed by atoms with van der Waals surface area (Å²) in [5.41, 5.74) is 2.13. The molecule has 2 amide bonds. The normalized spacial score (nSPS) is 15.3. The molecule has 0 aliphatic heterocycles. The van der Waals surface area contributed by atoms with Crippen molar-refractivity contribution in [1.82, 2.24) is 10.6 Å². The molecule has 0 fully saturated rings. The highest BCUT2D eigenvalue weighted by atomic mass is 16.2. The molecule has 0 radical (unpaired) electrons. The maximum Gasteiger partial charge on any atom is 0.319 e. The van der Waals surface area contributed by atoms with Gasteiger partial charge in [0.15, 0.2) is 0 Å². The fourth-order valence-electron chi connectivity index (χ4n) is 2.34.